The summed E-state index contributed by atoms with van der Waals surface area (Å²) < 4.78 is 0. The number of aromatic nitrogens is 2. The Balaban J connectivity index is 1.67. The van der Waals surface area contributed by atoms with Crippen LogP contribution < -0.4 is 10.6 Å². The maximum absolute atomic E-state index is 10.6. The number of aliphatic hydroxyl groups is 2. The van der Waals surface area contributed by atoms with Gasteiger partial charge in [-0.15, -0.1) is 0 Å². The van der Waals surface area contributed by atoms with Gasteiger partial charge in [0.1, 0.15) is 18.2 Å². The molecule has 6 N–H and O–H groups in total. The molecule has 0 aromatic carbocycles. The summed E-state index contributed by atoms with van der Waals surface area (Å²) >= 11 is 0. The van der Waals surface area contributed by atoms with Crippen molar-refractivity contribution in [3.8, 4) is 0 Å². The van der Waals surface area contributed by atoms with Crippen LogP contribution in [-0.2, 0) is 0 Å². The first kappa shape index (κ1) is 16.4. The molecule has 2 heterocycles. The van der Waals surface area contributed by atoms with Gasteiger partial charge in [-0.2, -0.15) is 0 Å². The van der Waals surface area contributed by atoms with Crippen molar-refractivity contribution in [2.24, 2.45) is 5.92 Å². The van der Waals surface area contributed by atoms with Crippen molar-refractivity contribution in [1.29, 1.82) is 5.41 Å². The summed E-state index contributed by atoms with van der Waals surface area (Å²) in [5, 5.41) is 35.2. The van der Waals surface area contributed by atoms with Gasteiger partial charge in [0.25, 0.3) is 0 Å². The van der Waals surface area contributed by atoms with Crippen LogP contribution >= 0.6 is 0 Å². The number of H-pyrrole nitrogens is 1. The van der Waals surface area contributed by atoms with E-state index in [1.807, 2.05) is 12.3 Å². The van der Waals surface area contributed by atoms with E-state index in [4.69, 9.17) is 10.5 Å². The van der Waals surface area contributed by atoms with Gasteiger partial charge in [-0.1, -0.05) is 6.42 Å². The monoisotopic (exact) mass is 343 g/mol. The number of nitrogens with zero attached hydrogens (tertiary/aromatic N) is 1. The summed E-state index contributed by atoms with van der Waals surface area (Å²) in [6, 6.07) is 2.24. The summed E-state index contributed by atoms with van der Waals surface area (Å²) in [4.78, 5) is 7.49. The predicted molar refractivity (Wildman–Crippen MR) is 96.7 cm³/mol. The van der Waals surface area contributed by atoms with Gasteiger partial charge < -0.3 is 25.8 Å². The molecule has 0 radical (unpaired) electrons. The Hall–Kier alpha value is -2.12. The lowest BCUT2D eigenvalue weighted by atomic mass is 9.67. The van der Waals surface area contributed by atoms with E-state index in [2.05, 4.69) is 20.6 Å². The van der Waals surface area contributed by atoms with E-state index in [1.54, 1.807) is 6.20 Å². The zero-order valence-electron chi connectivity index (χ0n) is 14.2. The molecule has 7 heteroatoms. The molecule has 0 aliphatic heterocycles. The van der Waals surface area contributed by atoms with Crippen LogP contribution in [0, 0.1) is 11.3 Å². The summed E-state index contributed by atoms with van der Waals surface area (Å²) in [5.74, 6) is 0.596. The van der Waals surface area contributed by atoms with E-state index in [0.717, 1.165) is 55.2 Å². The van der Waals surface area contributed by atoms with Crippen molar-refractivity contribution in [2.75, 3.05) is 12.0 Å². The quantitative estimate of drug-likeness (QED) is 0.288. The van der Waals surface area contributed by atoms with Crippen LogP contribution in [0.2, 0.25) is 0 Å². The number of hydrogen-bond acceptors (Lipinski definition) is 5. The van der Waals surface area contributed by atoms with E-state index in [1.165, 1.54) is 0 Å². The average molecular weight is 343 g/mol. The van der Waals surface area contributed by atoms with Gasteiger partial charge in [0, 0.05) is 23.8 Å². The van der Waals surface area contributed by atoms with Crippen LogP contribution in [0.5, 0.6) is 0 Å². The smallest absolute Gasteiger partial charge is 0.139 e. The van der Waals surface area contributed by atoms with Crippen molar-refractivity contribution in [1.82, 2.24) is 15.3 Å². The minimum Gasteiger partial charge on any atom is -0.390 e. The van der Waals surface area contributed by atoms with Crippen LogP contribution in [0.4, 0.5) is 5.69 Å². The fourth-order valence-electron chi connectivity index (χ4n) is 4.52. The highest BCUT2D eigenvalue weighted by Crippen LogP contribution is 2.44. The van der Waals surface area contributed by atoms with Crippen LogP contribution in [0.15, 0.2) is 18.5 Å². The molecular weight excluding hydrogens is 318 g/mol. The standard InChI is InChI=1S/C18H25N5O2/c19-16(22-10-24)13-9-21-17-12(4-7-20-17)15(13)23-14-3-6-18(25)5-1-2-11(14)8-18/h4,7,9,11,14,24-25H,1-3,5-6,8,10H2,(H2,19,22)(H2,20,21,23)/t11-,14-,18+/m0/s1. The first-order valence-electron chi connectivity index (χ1n) is 8.98. The van der Waals surface area contributed by atoms with E-state index in [0.29, 0.717) is 11.5 Å². The van der Waals surface area contributed by atoms with E-state index in [-0.39, 0.29) is 18.6 Å². The molecule has 4 rings (SSSR count). The molecule has 0 saturated heterocycles. The lowest BCUT2D eigenvalue weighted by Gasteiger charge is -2.46. The molecule has 25 heavy (non-hydrogen) atoms. The number of hydrogen-bond donors (Lipinski definition) is 6. The molecule has 2 fully saturated rings. The van der Waals surface area contributed by atoms with E-state index in [9.17, 15) is 5.11 Å². The van der Waals surface area contributed by atoms with Gasteiger partial charge >= 0.3 is 0 Å². The second-order valence-electron chi connectivity index (χ2n) is 7.37. The van der Waals surface area contributed by atoms with Crippen molar-refractivity contribution in [3.63, 3.8) is 0 Å². The van der Waals surface area contributed by atoms with Crippen LogP contribution in [0.25, 0.3) is 11.0 Å². The van der Waals surface area contributed by atoms with Crippen LogP contribution in [0.3, 0.4) is 0 Å². The number of aliphatic hydroxyl groups excluding tert-OH is 1. The third kappa shape index (κ3) is 2.98. The zero-order valence-corrected chi connectivity index (χ0v) is 14.2. The Bertz CT molecular complexity index is 789. The van der Waals surface area contributed by atoms with Crippen molar-refractivity contribution in [2.45, 2.75) is 50.2 Å². The Kier molecular flexibility index (Phi) is 4.13. The highest BCUT2D eigenvalue weighted by molar-refractivity contribution is 6.07. The fraction of sp³-hybridized carbons (Fsp3) is 0.556. The first-order valence-corrected chi connectivity index (χ1v) is 8.98. The van der Waals surface area contributed by atoms with Gasteiger partial charge in [-0.3, -0.25) is 5.41 Å². The van der Waals surface area contributed by atoms with Gasteiger partial charge in [-0.05, 0) is 44.1 Å². The Morgan fingerprint density at radius 2 is 2.28 bits per heavy atom. The number of rotatable bonds is 4. The minimum absolute atomic E-state index is 0.150. The minimum atomic E-state index is -0.475. The number of nitrogens with one attached hydrogen (secondary N) is 4. The highest BCUT2D eigenvalue weighted by Gasteiger charge is 2.42. The lowest BCUT2D eigenvalue weighted by Crippen LogP contribution is -2.47. The molecule has 2 saturated carbocycles. The summed E-state index contributed by atoms with van der Waals surface area (Å²) in [7, 11) is 0. The molecule has 2 aromatic rings. The Morgan fingerprint density at radius 3 is 3.12 bits per heavy atom. The third-order valence-corrected chi connectivity index (χ3v) is 5.79. The molecular formula is C18H25N5O2. The predicted octanol–water partition coefficient (Wildman–Crippen LogP) is 1.92. The second-order valence-corrected chi connectivity index (χ2v) is 7.37. The molecule has 7 nitrogen and oxygen atoms in total. The van der Waals surface area contributed by atoms with Crippen molar-refractivity contribution < 1.29 is 10.2 Å². The summed E-state index contributed by atoms with van der Waals surface area (Å²) in [6.07, 6.45) is 9.23. The van der Waals surface area contributed by atoms with Crippen molar-refractivity contribution in [3.05, 3.63) is 24.0 Å². The number of fused-ring (bicyclic) bond motifs is 3. The lowest BCUT2D eigenvalue weighted by molar-refractivity contribution is -0.0508. The molecule has 0 amide bonds. The van der Waals surface area contributed by atoms with Crippen molar-refractivity contribution >= 4 is 22.6 Å². The average Bonchev–Trinajstić information content (AvgIpc) is 3.07. The van der Waals surface area contributed by atoms with Gasteiger partial charge in [-0.25, -0.2) is 4.98 Å². The number of aromatic amines is 1. The molecule has 3 atom stereocenters. The SMILES string of the molecule is N=C(NCO)c1cnc2[nH]ccc2c1N[C@H]1CC[C@]2(O)CCC[C@H]1C2. The topological polar surface area (TPSA) is 117 Å². The molecule has 2 bridgehead atoms. The molecule has 134 valence electrons. The zero-order chi connectivity index (χ0) is 17.4. The largest absolute Gasteiger partial charge is 0.390 e. The summed E-state index contributed by atoms with van der Waals surface area (Å²) in [5.41, 5.74) is 1.83. The molecule has 2 aliphatic rings. The molecule has 0 unspecified atom stereocenters. The van der Waals surface area contributed by atoms with Gasteiger partial charge in [0.2, 0.25) is 0 Å². The van der Waals surface area contributed by atoms with E-state index < -0.39 is 5.60 Å². The molecule has 2 aliphatic carbocycles. The van der Waals surface area contributed by atoms with E-state index >= 15 is 0 Å². The number of anilines is 1. The first-order chi connectivity index (χ1) is 12.1. The molecule has 0 spiro atoms. The highest BCUT2D eigenvalue weighted by atomic mass is 16.3. The van der Waals surface area contributed by atoms with Gasteiger partial charge in [0.15, 0.2) is 0 Å². The normalized spacial score (nSPS) is 28.7. The second kappa shape index (κ2) is 6.31. The van der Waals surface area contributed by atoms with Gasteiger partial charge in [0.05, 0.1) is 16.9 Å². The molecule has 2 aromatic heterocycles. The van der Waals surface area contributed by atoms with Crippen LogP contribution in [0.1, 0.15) is 44.1 Å². The van der Waals surface area contributed by atoms with Crippen LogP contribution in [-0.4, -0.2) is 44.4 Å². The Labute approximate surface area is 146 Å². The Morgan fingerprint density at radius 1 is 1.40 bits per heavy atom. The third-order valence-electron chi connectivity index (χ3n) is 5.79. The number of pyridine rings is 1. The summed E-state index contributed by atoms with van der Waals surface area (Å²) in [6.45, 7) is -0.289. The maximum atomic E-state index is 10.6. The maximum Gasteiger partial charge on any atom is 0.139 e. The number of amidine groups is 1. The fourth-order valence-corrected chi connectivity index (χ4v) is 4.52.